The molecule has 1 saturated heterocycles. The number of nitrogens with one attached hydrogen (secondary N) is 2. The molecule has 1 aliphatic rings. The Kier molecular flexibility index (Phi) is 22.1. The highest BCUT2D eigenvalue weighted by atomic mass is 35.5. The fourth-order valence-corrected chi connectivity index (χ4v) is 5.32. The van der Waals surface area contributed by atoms with Gasteiger partial charge in [-0.3, -0.25) is 14.5 Å². The molecule has 0 aliphatic carbocycles. The maximum absolute atomic E-state index is 12.7. The lowest BCUT2D eigenvalue weighted by Crippen LogP contribution is -2.47. The lowest BCUT2D eigenvalue weighted by atomic mass is 10.00. The van der Waals surface area contributed by atoms with Gasteiger partial charge in [0.05, 0.1) is 13.2 Å². The Balaban J connectivity index is 0.000000804. The number of para-hydroxylation sites is 1. The Morgan fingerprint density at radius 1 is 0.955 bits per heavy atom. The summed E-state index contributed by atoms with van der Waals surface area (Å²) in [6.45, 7) is 11.1. The van der Waals surface area contributed by atoms with Gasteiger partial charge >= 0.3 is 0 Å². The van der Waals surface area contributed by atoms with Gasteiger partial charge in [0.15, 0.2) is 11.5 Å². The smallest absolute Gasteiger partial charge is 0.241 e. The van der Waals surface area contributed by atoms with Crippen molar-refractivity contribution in [2.75, 3.05) is 25.5 Å². The van der Waals surface area contributed by atoms with Crippen molar-refractivity contribution < 1.29 is 24.9 Å². The van der Waals surface area contributed by atoms with Crippen molar-refractivity contribution in [1.29, 1.82) is 0 Å². The fourth-order valence-electron chi connectivity index (χ4n) is 5.32. The number of ether oxygens (including phenoxy) is 1. The topological polar surface area (TPSA) is 122 Å². The number of methoxy groups -OCH3 is 1. The molecule has 44 heavy (non-hydrogen) atoms. The van der Waals surface area contributed by atoms with E-state index in [0.717, 1.165) is 61.2 Å². The van der Waals surface area contributed by atoms with Crippen molar-refractivity contribution >= 4 is 29.9 Å². The first-order valence-electron chi connectivity index (χ1n) is 16.0. The molecule has 0 radical (unpaired) electrons. The van der Waals surface area contributed by atoms with E-state index < -0.39 is 0 Å². The lowest BCUT2D eigenvalue weighted by molar-refractivity contribution is -0.122. The third kappa shape index (κ3) is 14.8. The van der Waals surface area contributed by atoms with Crippen molar-refractivity contribution in [3.05, 3.63) is 53.1 Å². The summed E-state index contributed by atoms with van der Waals surface area (Å²) in [5.74, 6) is 0.790. The highest BCUT2D eigenvalue weighted by Gasteiger charge is 2.28. The molecular formula is C35H58ClN3O5. The quantitative estimate of drug-likeness (QED) is 0.178. The van der Waals surface area contributed by atoms with Gasteiger partial charge in [-0.15, -0.1) is 12.4 Å². The molecule has 2 aromatic carbocycles. The molecule has 0 saturated carbocycles. The van der Waals surface area contributed by atoms with Crippen LogP contribution in [-0.2, 0) is 16.1 Å². The summed E-state index contributed by atoms with van der Waals surface area (Å²) < 4.78 is 5.04. The predicted molar refractivity (Wildman–Crippen MR) is 184 cm³/mol. The first kappa shape index (κ1) is 41.2. The average Bonchev–Trinajstić information content (AvgIpc) is 2.99. The summed E-state index contributed by atoms with van der Waals surface area (Å²) in [6.07, 6.45) is 13.4. The number of piperidine rings is 1. The molecule has 9 heteroatoms. The molecular weight excluding hydrogens is 578 g/mol. The number of halogens is 1. The fraction of sp³-hybridized carbons (Fsp3) is 0.600. The second-order valence-electron chi connectivity index (χ2n) is 11.5. The monoisotopic (exact) mass is 635 g/mol. The molecule has 2 amide bonds. The van der Waals surface area contributed by atoms with Gasteiger partial charge in [0.2, 0.25) is 11.8 Å². The summed E-state index contributed by atoms with van der Waals surface area (Å²) in [5.41, 5.74) is 4.18. The molecule has 3 rings (SSSR count). The molecule has 0 spiro atoms. The first-order chi connectivity index (χ1) is 20.3. The van der Waals surface area contributed by atoms with Crippen LogP contribution in [0.5, 0.6) is 11.5 Å². The molecule has 0 aromatic heterocycles. The van der Waals surface area contributed by atoms with Crippen molar-refractivity contribution in [3.8, 4) is 11.5 Å². The van der Waals surface area contributed by atoms with E-state index in [-0.39, 0.29) is 41.5 Å². The predicted octanol–water partition coefficient (Wildman–Crippen LogP) is 7.26. The zero-order chi connectivity index (χ0) is 30.7. The van der Waals surface area contributed by atoms with E-state index in [9.17, 15) is 14.7 Å². The molecule has 8 nitrogen and oxygen atoms in total. The Labute approximate surface area is 272 Å². The molecule has 1 aliphatic heterocycles. The summed E-state index contributed by atoms with van der Waals surface area (Å²) in [6, 6.07) is 11.3. The van der Waals surface area contributed by atoms with Crippen LogP contribution in [0.3, 0.4) is 0 Å². The molecule has 250 valence electrons. The van der Waals surface area contributed by atoms with Crippen LogP contribution in [0.25, 0.3) is 0 Å². The third-order valence-electron chi connectivity index (χ3n) is 7.94. The van der Waals surface area contributed by atoms with Gasteiger partial charge in [-0.2, -0.15) is 0 Å². The van der Waals surface area contributed by atoms with E-state index in [1.54, 1.807) is 18.2 Å². The van der Waals surface area contributed by atoms with Crippen LogP contribution in [0, 0.1) is 13.8 Å². The minimum atomic E-state index is 0. The summed E-state index contributed by atoms with van der Waals surface area (Å²) in [7, 11) is 1.51. The number of likely N-dealkylation sites (tertiary alicyclic amines) is 1. The maximum Gasteiger partial charge on any atom is 0.241 e. The van der Waals surface area contributed by atoms with E-state index in [1.165, 1.54) is 52.1 Å². The third-order valence-corrected chi connectivity index (χ3v) is 7.94. The standard InChI is InChI=1S/C18H28N2O.C17H27NO3.ClH.H2O/c1-4-5-12-20-13-7-6-11-16(20)18(21)19-17-14(2)9-8-10-15(17)3;1-3-4-5-6-7-8-9-17(20)18-13-14-10-11-15(19)16(12-14)21-2;;/h8-10,16H,4-7,11-13H2,1-3H3,(H,19,21);10-12,19H,3-9,13H2,1-2H3,(H,18,20);1H;1H2. The maximum atomic E-state index is 12.7. The summed E-state index contributed by atoms with van der Waals surface area (Å²) >= 11 is 0. The second kappa shape index (κ2) is 23.6. The number of hydrogen-bond donors (Lipinski definition) is 3. The Morgan fingerprint density at radius 3 is 2.27 bits per heavy atom. The molecule has 1 unspecified atom stereocenters. The average molecular weight is 636 g/mol. The molecule has 2 aromatic rings. The number of benzene rings is 2. The number of unbranched alkanes of at least 4 members (excludes halogenated alkanes) is 6. The number of anilines is 1. The lowest BCUT2D eigenvalue weighted by Gasteiger charge is -2.34. The number of carbonyl (C=O) groups is 2. The van der Waals surface area contributed by atoms with E-state index >= 15 is 0 Å². The molecule has 5 N–H and O–H groups in total. The zero-order valence-corrected chi connectivity index (χ0v) is 28.5. The van der Waals surface area contributed by atoms with Crippen molar-refractivity contribution in [2.24, 2.45) is 0 Å². The van der Waals surface area contributed by atoms with Crippen molar-refractivity contribution in [3.63, 3.8) is 0 Å². The highest BCUT2D eigenvalue weighted by Crippen LogP contribution is 2.26. The Bertz CT molecular complexity index is 1080. The molecule has 1 fully saturated rings. The van der Waals surface area contributed by atoms with Gasteiger partial charge < -0.3 is 26.0 Å². The number of amides is 2. The van der Waals surface area contributed by atoms with Gasteiger partial charge in [-0.25, -0.2) is 0 Å². The van der Waals surface area contributed by atoms with Gasteiger partial charge in [0.25, 0.3) is 0 Å². The minimum absolute atomic E-state index is 0. The highest BCUT2D eigenvalue weighted by molar-refractivity contribution is 5.96. The van der Waals surface area contributed by atoms with E-state index in [0.29, 0.717) is 18.7 Å². The van der Waals surface area contributed by atoms with E-state index in [2.05, 4.69) is 55.4 Å². The normalized spacial score (nSPS) is 14.2. The zero-order valence-electron chi connectivity index (χ0n) is 27.7. The van der Waals surface area contributed by atoms with Crippen LogP contribution in [0.2, 0.25) is 0 Å². The van der Waals surface area contributed by atoms with E-state index in [4.69, 9.17) is 4.74 Å². The van der Waals surface area contributed by atoms with Crippen molar-refractivity contribution in [1.82, 2.24) is 10.2 Å². The summed E-state index contributed by atoms with van der Waals surface area (Å²) in [5, 5.41) is 15.6. The Morgan fingerprint density at radius 2 is 1.61 bits per heavy atom. The molecule has 1 heterocycles. The number of phenolic OH excluding ortho intramolecular Hbond substituents is 1. The van der Waals surface area contributed by atoms with Crippen LogP contribution in [0.1, 0.15) is 108 Å². The van der Waals surface area contributed by atoms with E-state index in [1.807, 2.05) is 6.07 Å². The number of aryl methyl sites for hydroxylation is 2. The minimum Gasteiger partial charge on any atom is -0.504 e. The van der Waals surface area contributed by atoms with Crippen LogP contribution < -0.4 is 15.4 Å². The number of rotatable bonds is 15. The number of aromatic hydroxyl groups is 1. The van der Waals surface area contributed by atoms with Crippen molar-refractivity contribution in [2.45, 2.75) is 117 Å². The number of carbonyl (C=O) groups excluding carboxylic acids is 2. The first-order valence-corrected chi connectivity index (χ1v) is 16.0. The number of nitrogens with zero attached hydrogens (tertiary/aromatic N) is 1. The largest absolute Gasteiger partial charge is 0.504 e. The van der Waals surface area contributed by atoms with Gasteiger partial charge in [0.1, 0.15) is 0 Å². The summed E-state index contributed by atoms with van der Waals surface area (Å²) in [4.78, 5) is 26.8. The number of hydrogen-bond acceptors (Lipinski definition) is 5. The second-order valence-corrected chi connectivity index (χ2v) is 11.5. The van der Waals surface area contributed by atoms with Crippen LogP contribution in [-0.4, -0.2) is 53.5 Å². The SMILES string of the molecule is CCCCCCCCC(=O)NCc1ccc(O)c(OC)c1.CCCCN1CCCCC1C(=O)Nc1c(C)cccc1C.Cl.O. The van der Waals surface area contributed by atoms with Crippen LogP contribution in [0.4, 0.5) is 5.69 Å². The number of phenols is 1. The van der Waals surface area contributed by atoms with Gasteiger partial charge in [-0.1, -0.05) is 83.1 Å². The van der Waals surface area contributed by atoms with Crippen LogP contribution in [0.15, 0.2) is 36.4 Å². The van der Waals surface area contributed by atoms with Gasteiger partial charge in [-0.05, 0) is 81.4 Å². The van der Waals surface area contributed by atoms with Crippen LogP contribution >= 0.6 is 12.4 Å². The van der Waals surface area contributed by atoms with Gasteiger partial charge in [0, 0.05) is 18.7 Å². The Hall–Kier alpha value is -2.81. The molecule has 1 atom stereocenters. The molecule has 0 bridgehead atoms.